The molecule has 1 aliphatic heterocycles. The topological polar surface area (TPSA) is 23.6 Å². The van der Waals surface area contributed by atoms with Crippen LogP contribution in [-0.2, 0) is 4.79 Å². The molecule has 1 heterocycles. The molecule has 0 radical (unpaired) electrons. The lowest BCUT2D eigenvalue weighted by atomic mass is 10.2. The summed E-state index contributed by atoms with van der Waals surface area (Å²) in [5.74, 6) is 1.36. The van der Waals surface area contributed by atoms with Gasteiger partial charge in [0.1, 0.15) is 0 Å². The molecule has 84 valence electrons. The second-order valence-electron chi connectivity index (χ2n) is 4.73. The summed E-state index contributed by atoms with van der Waals surface area (Å²) in [6.45, 7) is 10.6. The Balaban J connectivity index is 1.77. The zero-order valence-corrected chi connectivity index (χ0v) is 9.48. The first-order valence-corrected chi connectivity index (χ1v) is 5.84. The largest absolute Gasteiger partial charge is 0.340 e. The van der Waals surface area contributed by atoms with Crippen molar-refractivity contribution in [1.29, 1.82) is 0 Å². The van der Waals surface area contributed by atoms with E-state index in [1.807, 2.05) is 11.0 Å². The highest BCUT2D eigenvalue weighted by Gasteiger charge is 2.41. The monoisotopic (exact) mass is 208 g/mol. The van der Waals surface area contributed by atoms with E-state index in [9.17, 15) is 4.79 Å². The van der Waals surface area contributed by atoms with Gasteiger partial charge in [0.2, 0.25) is 5.91 Å². The van der Waals surface area contributed by atoms with Gasteiger partial charge in [0.25, 0.3) is 0 Å². The first-order valence-electron chi connectivity index (χ1n) is 5.84. The van der Waals surface area contributed by atoms with Crippen molar-refractivity contribution in [3.63, 3.8) is 0 Å². The van der Waals surface area contributed by atoms with E-state index in [0.717, 1.165) is 39.1 Å². The molecule has 15 heavy (non-hydrogen) atoms. The molecule has 3 nitrogen and oxygen atoms in total. The van der Waals surface area contributed by atoms with Crippen LogP contribution >= 0.6 is 0 Å². The quantitative estimate of drug-likeness (QED) is 0.645. The van der Waals surface area contributed by atoms with Crippen LogP contribution in [0.2, 0.25) is 0 Å². The molecule has 1 saturated heterocycles. The summed E-state index contributed by atoms with van der Waals surface area (Å²) < 4.78 is 0. The average Bonchev–Trinajstić information content (AvgIpc) is 2.96. The standard InChI is InChI=1S/C12H20N2O/c1-3-4-13-5-7-14(8-6-13)12(15)11-9-10(11)2/h3,10-11H,1,4-9H2,2H3/t10-,11-/m0/s1. The zero-order chi connectivity index (χ0) is 10.8. The van der Waals surface area contributed by atoms with Crippen molar-refractivity contribution in [2.75, 3.05) is 32.7 Å². The highest BCUT2D eigenvalue weighted by molar-refractivity contribution is 5.81. The van der Waals surface area contributed by atoms with Gasteiger partial charge in [-0.3, -0.25) is 9.69 Å². The van der Waals surface area contributed by atoms with Gasteiger partial charge in [-0.1, -0.05) is 13.0 Å². The predicted octanol–water partition coefficient (Wildman–Crippen LogP) is 0.973. The van der Waals surface area contributed by atoms with Crippen molar-refractivity contribution in [2.45, 2.75) is 13.3 Å². The molecule has 1 aliphatic carbocycles. The van der Waals surface area contributed by atoms with E-state index in [4.69, 9.17) is 0 Å². The minimum Gasteiger partial charge on any atom is -0.340 e. The Bertz CT molecular complexity index is 256. The second kappa shape index (κ2) is 4.35. The summed E-state index contributed by atoms with van der Waals surface area (Å²) in [6.07, 6.45) is 3.03. The van der Waals surface area contributed by atoms with Gasteiger partial charge in [0.05, 0.1) is 0 Å². The summed E-state index contributed by atoms with van der Waals surface area (Å²) in [5, 5.41) is 0. The maximum Gasteiger partial charge on any atom is 0.226 e. The molecule has 3 heteroatoms. The third kappa shape index (κ3) is 2.40. The molecule has 0 aromatic rings. The minimum atomic E-state index is 0.343. The van der Waals surface area contributed by atoms with Crippen molar-refractivity contribution in [3.05, 3.63) is 12.7 Å². The van der Waals surface area contributed by atoms with Crippen LogP contribution < -0.4 is 0 Å². The fraction of sp³-hybridized carbons (Fsp3) is 0.750. The molecular formula is C12H20N2O. The second-order valence-corrected chi connectivity index (χ2v) is 4.73. The maximum absolute atomic E-state index is 11.9. The number of carbonyl (C=O) groups excluding carboxylic acids is 1. The first-order chi connectivity index (χ1) is 7.22. The molecule has 1 saturated carbocycles. The molecule has 0 N–H and O–H groups in total. The van der Waals surface area contributed by atoms with Crippen molar-refractivity contribution in [1.82, 2.24) is 9.80 Å². The van der Waals surface area contributed by atoms with Crippen LogP contribution in [0.5, 0.6) is 0 Å². The molecule has 2 atom stereocenters. The highest BCUT2D eigenvalue weighted by atomic mass is 16.2. The van der Waals surface area contributed by atoms with Crippen LogP contribution in [0, 0.1) is 11.8 Å². The van der Waals surface area contributed by atoms with Crippen molar-refractivity contribution < 1.29 is 4.79 Å². The highest BCUT2D eigenvalue weighted by Crippen LogP contribution is 2.39. The van der Waals surface area contributed by atoms with Crippen LogP contribution in [0.3, 0.4) is 0 Å². The van der Waals surface area contributed by atoms with E-state index in [2.05, 4.69) is 18.4 Å². The van der Waals surface area contributed by atoms with Crippen molar-refractivity contribution in [2.24, 2.45) is 11.8 Å². The number of hydrogen-bond acceptors (Lipinski definition) is 2. The third-order valence-electron chi connectivity index (χ3n) is 3.50. The fourth-order valence-corrected chi connectivity index (χ4v) is 2.23. The molecule has 1 amide bonds. The Labute approximate surface area is 91.7 Å². The lowest BCUT2D eigenvalue weighted by Gasteiger charge is -2.34. The van der Waals surface area contributed by atoms with E-state index in [1.54, 1.807) is 0 Å². The van der Waals surface area contributed by atoms with Gasteiger partial charge in [0.15, 0.2) is 0 Å². The van der Waals surface area contributed by atoms with Gasteiger partial charge >= 0.3 is 0 Å². The molecular weight excluding hydrogens is 188 g/mol. The van der Waals surface area contributed by atoms with E-state index >= 15 is 0 Å². The number of piperazine rings is 1. The number of carbonyl (C=O) groups is 1. The summed E-state index contributed by atoms with van der Waals surface area (Å²) in [7, 11) is 0. The van der Waals surface area contributed by atoms with Gasteiger partial charge in [0, 0.05) is 38.6 Å². The number of nitrogens with zero attached hydrogens (tertiary/aromatic N) is 2. The van der Waals surface area contributed by atoms with Crippen molar-refractivity contribution >= 4 is 5.91 Å². The summed E-state index contributed by atoms with van der Waals surface area (Å²) in [5.41, 5.74) is 0. The summed E-state index contributed by atoms with van der Waals surface area (Å²) in [4.78, 5) is 16.3. The van der Waals surface area contributed by atoms with Gasteiger partial charge in [-0.05, 0) is 12.3 Å². The molecule has 2 rings (SSSR count). The number of hydrogen-bond donors (Lipinski definition) is 0. The molecule has 0 aromatic carbocycles. The van der Waals surface area contributed by atoms with E-state index in [1.165, 1.54) is 0 Å². The first kappa shape index (κ1) is 10.7. The maximum atomic E-state index is 11.9. The average molecular weight is 208 g/mol. The number of rotatable bonds is 3. The predicted molar refractivity (Wildman–Crippen MR) is 60.5 cm³/mol. The Kier molecular flexibility index (Phi) is 3.10. The molecule has 2 fully saturated rings. The van der Waals surface area contributed by atoms with Gasteiger partial charge in [-0.15, -0.1) is 6.58 Å². The van der Waals surface area contributed by atoms with Crippen LogP contribution in [-0.4, -0.2) is 48.4 Å². The van der Waals surface area contributed by atoms with E-state index in [0.29, 0.717) is 17.7 Å². The van der Waals surface area contributed by atoms with Crippen molar-refractivity contribution in [3.8, 4) is 0 Å². The molecule has 0 unspecified atom stereocenters. The van der Waals surface area contributed by atoms with Crippen LogP contribution in [0.25, 0.3) is 0 Å². The van der Waals surface area contributed by atoms with Crippen LogP contribution in [0.15, 0.2) is 12.7 Å². The zero-order valence-electron chi connectivity index (χ0n) is 9.48. The molecule has 0 aromatic heterocycles. The third-order valence-corrected chi connectivity index (χ3v) is 3.50. The lowest BCUT2D eigenvalue weighted by molar-refractivity contribution is -0.134. The van der Waals surface area contributed by atoms with E-state index < -0.39 is 0 Å². The SMILES string of the molecule is C=CCN1CCN(C(=O)[C@H]2C[C@@H]2C)CC1. The normalized spacial score (nSPS) is 31.4. The smallest absolute Gasteiger partial charge is 0.226 e. The summed E-state index contributed by atoms with van der Waals surface area (Å²) in [6, 6.07) is 0. The Morgan fingerprint density at radius 1 is 1.40 bits per heavy atom. The molecule has 0 bridgehead atoms. The van der Waals surface area contributed by atoms with Gasteiger partial charge in [-0.25, -0.2) is 0 Å². The van der Waals surface area contributed by atoms with Crippen LogP contribution in [0.4, 0.5) is 0 Å². The molecule has 0 spiro atoms. The van der Waals surface area contributed by atoms with Crippen LogP contribution in [0.1, 0.15) is 13.3 Å². The Hall–Kier alpha value is -0.830. The van der Waals surface area contributed by atoms with Gasteiger partial charge < -0.3 is 4.90 Å². The van der Waals surface area contributed by atoms with Gasteiger partial charge in [-0.2, -0.15) is 0 Å². The van der Waals surface area contributed by atoms with E-state index in [-0.39, 0.29) is 0 Å². The number of amides is 1. The minimum absolute atomic E-state index is 0.343. The summed E-state index contributed by atoms with van der Waals surface area (Å²) >= 11 is 0. The molecule has 2 aliphatic rings. The fourth-order valence-electron chi connectivity index (χ4n) is 2.23. The Morgan fingerprint density at radius 3 is 2.47 bits per heavy atom. The Morgan fingerprint density at radius 2 is 2.00 bits per heavy atom. The lowest BCUT2D eigenvalue weighted by Crippen LogP contribution is -2.49.